The van der Waals surface area contributed by atoms with Crippen LogP contribution in [0.1, 0.15) is 43.4 Å². The zero-order valence-electron chi connectivity index (χ0n) is 14.2. The molecule has 0 saturated heterocycles. The van der Waals surface area contributed by atoms with E-state index in [1.54, 1.807) is 12.1 Å². The van der Waals surface area contributed by atoms with Crippen LogP contribution in [0.5, 0.6) is 0 Å². The van der Waals surface area contributed by atoms with Crippen LogP contribution in [-0.4, -0.2) is 44.7 Å². The molecule has 1 aliphatic rings. The van der Waals surface area contributed by atoms with Gasteiger partial charge in [-0.05, 0) is 31.4 Å². The topological polar surface area (TPSA) is 109 Å². The normalized spacial score (nSPS) is 17.4. The molecule has 1 atom stereocenters. The SMILES string of the molecule is CC(C)CCn1c(C=O)ccc1CO.CC1=C(O)C(=O)C(O)CO1. The van der Waals surface area contributed by atoms with Gasteiger partial charge in [-0.1, -0.05) is 13.8 Å². The first kappa shape index (κ1) is 19.9. The highest BCUT2D eigenvalue weighted by atomic mass is 16.5. The third-order valence-electron chi connectivity index (χ3n) is 3.64. The van der Waals surface area contributed by atoms with Gasteiger partial charge in [-0.25, -0.2) is 0 Å². The number of aldehydes is 1. The van der Waals surface area contributed by atoms with Crippen LogP contribution in [0.3, 0.4) is 0 Å². The van der Waals surface area contributed by atoms with Crippen LogP contribution in [0.15, 0.2) is 23.7 Å². The van der Waals surface area contributed by atoms with E-state index in [0.717, 1.165) is 24.9 Å². The molecule has 2 heterocycles. The molecule has 1 aromatic heterocycles. The molecule has 0 radical (unpaired) electrons. The third kappa shape index (κ3) is 5.21. The standard InChI is InChI=1S/C11H17NO2.C6H8O4/c1-9(2)5-6-12-10(7-13)3-4-11(12)8-14;1-3-5(8)6(9)4(7)2-10-3/h3-4,7,9,14H,5-6,8H2,1-2H3;4,7-8H,2H2,1H3. The van der Waals surface area contributed by atoms with Gasteiger partial charge in [-0.15, -0.1) is 0 Å². The number of ketones is 1. The van der Waals surface area contributed by atoms with Crippen molar-refractivity contribution in [3.63, 3.8) is 0 Å². The summed E-state index contributed by atoms with van der Waals surface area (Å²) in [7, 11) is 0. The van der Waals surface area contributed by atoms with E-state index in [0.29, 0.717) is 11.6 Å². The maximum Gasteiger partial charge on any atom is 0.232 e. The van der Waals surface area contributed by atoms with E-state index in [1.807, 2.05) is 4.57 Å². The van der Waals surface area contributed by atoms with Crippen molar-refractivity contribution in [2.75, 3.05) is 6.61 Å². The van der Waals surface area contributed by atoms with Gasteiger partial charge in [-0.3, -0.25) is 9.59 Å². The zero-order chi connectivity index (χ0) is 18.3. The van der Waals surface area contributed by atoms with E-state index in [2.05, 4.69) is 13.8 Å². The van der Waals surface area contributed by atoms with Crippen LogP contribution in [0.4, 0.5) is 0 Å². The van der Waals surface area contributed by atoms with E-state index >= 15 is 0 Å². The van der Waals surface area contributed by atoms with Crippen molar-refractivity contribution in [2.24, 2.45) is 5.92 Å². The highest BCUT2D eigenvalue weighted by Crippen LogP contribution is 2.13. The number of hydrogen-bond acceptors (Lipinski definition) is 6. The number of ether oxygens (including phenoxy) is 1. The van der Waals surface area contributed by atoms with E-state index in [-0.39, 0.29) is 19.0 Å². The van der Waals surface area contributed by atoms with Crippen LogP contribution < -0.4 is 0 Å². The fraction of sp³-hybridized carbons (Fsp3) is 0.529. The van der Waals surface area contributed by atoms with Gasteiger partial charge in [0.05, 0.1) is 12.3 Å². The summed E-state index contributed by atoms with van der Waals surface area (Å²) >= 11 is 0. The number of Topliss-reactive ketones (excluding diaryl/α,β-unsaturated/α-hetero) is 1. The molecule has 0 bridgehead atoms. The Morgan fingerprint density at radius 3 is 2.58 bits per heavy atom. The second-order valence-corrected chi connectivity index (χ2v) is 5.96. The molecule has 24 heavy (non-hydrogen) atoms. The quantitative estimate of drug-likeness (QED) is 0.703. The summed E-state index contributed by atoms with van der Waals surface area (Å²) in [6.07, 6.45) is 0.644. The minimum absolute atomic E-state index is 0.00800. The number of aliphatic hydroxyl groups excluding tert-OH is 3. The van der Waals surface area contributed by atoms with Gasteiger partial charge < -0.3 is 24.6 Å². The Morgan fingerprint density at radius 1 is 1.42 bits per heavy atom. The third-order valence-corrected chi connectivity index (χ3v) is 3.64. The maximum absolute atomic E-state index is 10.7. The lowest BCUT2D eigenvalue weighted by molar-refractivity contribution is -0.131. The van der Waals surface area contributed by atoms with E-state index in [1.165, 1.54) is 6.92 Å². The van der Waals surface area contributed by atoms with Crippen molar-refractivity contribution in [2.45, 2.75) is 46.4 Å². The van der Waals surface area contributed by atoms with Gasteiger partial charge in [0.15, 0.2) is 18.1 Å². The summed E-state index contributed by atoms with van der Waals surface area (Å²) in [5, 5.41) is 26.7. The van der Waals surface area contributed by atoms with E-state index in [9.17, 15) is 9.59 Å². The Kier molecular flexibility index (Phi) is 7.67. The van der Waals surface area contributed by atoms with Crippen LogP contribution in [-0.2, 0) is 22.7 Å². The molecule has 1 aliphatic heterocycles. The fourth-order valence-electron chi connectivity index (χ4n) is 2.11. The molecule has 3 N–H and O–H groups in total. The molecule has 7 heteroatoms. The number of allylic oxidation sites excluding steroid dienone is 1. The summed E-state index contributed by atoms with van der Waals surface area (Å²) in [4.78, 5) is 21.4. The molecule has 2 rings (SSSR count). The maximum atomic E-state index is 10.7. The monoisotopic (exact) mass is 339 g/mol. The summed E-state index contributed by atoms with van der Waals surface area (Å²) in [6.45, 7) is 6.49. The second kappa shape index (κ2) is 9.24. The average molecular weight is 339 g/mol. The average Bonchev–Trinajstić information content (AvgIpc) is 2.97. The smallest absolute Gasteiger partial charge is 0.232 e. The van der Waals surface area contributed by atoms with Gasteiger partial charge in [-0.2, -0.15) is 0 Å². The summed E-state index contributed by atoms with van der Waals surface area (Å²) in [6, 6.07) is 3.54. The van der Waals surface area contributed by atoms with Crippen LogP contribution in [0.25, 0.3) is 0 Å². The summed E-state index contributed by atoms with van der Waals surface area (Å²) in [5.41, 5.74) is 1.46. The zero-order valence-corrected chi connectivity index (χ0v) is 14.2. The molecule has 0 aromatic carbocycles. The number of aromatic nitrogens is 1. The molecule has 0 aliphatic carbocycles. The number of hydrogen-bond donors (Lipinski definition) is 3. The van der Waals surface area contributed by atoms with Gasteiger partial charge in [0.25, 0.3) is 0 Å². The highest BCUT2D eigenvalue weighted by Gasteiger charge is 2.27. The molecular formula is C17H25NO6. The number of carbonyl (C=O) groups excluding carboxylic acids is 2. The molecular weight excluding hydrogens is 314 g/mol. The minimum Gasteiger partial charge on any atom is -0.502 e. The molecule has 0 saturated carbocycles. The molecule has 0 fully saturated rings. The van der Waals surface area contributed by atoms with E-state index < -0.39 is 17.6 Å². The first-order chi connectivity index (χ1) is 11.3. The lowest BCUT2D eigenvalue weighted by Crippen LogP contribution is -2.32. The first-order valence-electron chi connectivity index (χ1n) is 7.81. The van der Waals surface area contributed by atoms with Crippen molar-refractivity contribution >= 4 is 12.1 Å². The summed E-state index contributed by atoms with van der Waals surface area (Å²) in [5.74, 6) is -0.360. The number of nitrogens with zero attached hydrogens (tertiary/aromatic N) is 1. The van der Waals surface area contributed by atoms with Gasteiger partial charge in [0, 0.05) is 12.2 Å². The Balaban J connectivity index is 0.000000254. The predicted octanol–water partition coefficient (Wildman–Crippen LogP) is 1.58. The second-order valence-electron chi connectivity index (χ2n) is 5.96. The van der Waals surface area contributed by atoms with Crippen molar-refractivity contribution in [3.05, 3.63) is 35.0 Å². The largest absolute Gasteiger partial charge is 0.502 e. The predicted molar refractivity (Wildman–Crippen MR) is 87.5 cm³/mol. The fourth-order valence-corrected chi connectivity index (χ4v) is 2.11. The molecule has 1 aromatic rings. The van der Waals surface area contributed by atoms with Crippen LogP contribution in [0, 0.1) is 5.92 Å². The van der Waals surface area contributed by atoms with Crippen molar-refractivity contribution in [3.8, 4) is 0 Å². The minimum atomic E-state index is -1.20. The van der Waals surface area contributed by atoms with Gasteiger partial charge >= 0.3 is 0 Å². The molecule has 134 valence electrons. The molecule has 0 spiro atoms. The first-order valence-corrected chi connectivity index (χ1v) is 7.81. The van der Waals surface area contributed by atoms with Crippen molar-refractivity contribution in [1.29, 1.82) is 0 Å². The van der Waals surface area contributed by atoms with E-state index in [4.69, 9.17) is 20.1 Å². The lowest BCUT2D eigenvalue weighted by Gasteiger charge is -2.17. The summed E-state index contributed by atoms with van der Waals surface area (Å²) < 4.78 is 6.61. The van der Waals surface area contributed by atoms with Crippen LogP contribution >= 0.6 is 0 Å². The van der Waals surface area contributed by atoms with Crippen molar-refractivity contribution < 1.29 is 29.6 Å². The van der Waals surface area contributed by atoms with Gasteiger partial charge in [0.1, 0.15) is 12.4 Å². The lowest BCUT2D eigenvalue weighted by atomic mass is 10.1. The number of carbonyl (C=O) groups is 2. The van der Waals surface area contributed by atoms with Crippen LogP contribution in [0.2, 0.25) is 0 Å². The Labute approximate surface area is 141 Å². The molecule has 7 nitrogen and oxygen atoms in total. The number of aliphatic hydroxyl groups is 3. The molecule has 0 amide bonds. The Morgan fingerprint density at radius 2 is 2.08 bits per heavy atom. The van der Waals surface area contributed by atoms with Crippen molar-refractivity contribution in [1.82, 2.24) is 4.57 Å². The Bertz CT molecular complexity index is 602. The Hall–Kier alpha value is -2.12. The number of rotatable bonds is 5. The highest BCUT2D eigenvalue weighted by molar-refractivity contribution is 5.97. The van der Waals surface area contributed by atoms with Gasteiger partial charge in [0.2, 0.25) is 5.78 Å². The molecule has 1 unspecified atom stereocenters.